The van der Waals surface area contributed by atoms with Crippen molar-refractivity contribution in [3.05, 3.63) is 95.6 Å². The fourth-order valence-electron chi connectivity index (χ4n) is 4.02. The Labute approximate surface area is 205 Å². The fourth-order valence-corrected chi connectivity index (χ4v) is 4.53. The van der Waals surface area contributed by atoms with E-state index in [0.717, 1.165) is 28.2 Å². The van der Waals surface area contributed by atoms with Crippen molar-refractivity contribution in [2.45, 2.75) is 30.3 Å². The van der Waals surface area contributed by atoms with E-state index in [1.165, 1.54) is 12.1 Å². The highest BCUT2D eigenvalue weighted by Crippen LogP contribution is 2.33. The van der Waals surface area contributed by atoms with Gasteiger partial charge >= 0.3 is 0 Å². The molecule has 182 valence electrons. The van der Waals surface area contributed by atoms with E-state index < -0.39 is 10.0 Å². The zero-order valence-electron chi connectivity index (χ0n) is 19.6. The normalized spacial score (nSPS) is 16.6. The lowest BCUT2D eigenvalue weighted by Gasteiger charge is -2.23. The van der Waals surface area contributed by atoms with Gasteiger partial charge in [-0.2, -0.15) is 5.10 Å². The fraction of sp³-hybridized carbons (Fsp3) is 0.231. The first-order valence-corrected chi connectivity index (χ1v) is 12.8. The van der Waals surface area contributed by atoms with Crippen LogP contribution in [0.2, 0.25) is 0 Å². The van der Waals surface area contributed by atoms with Gasteiger partial charge in [0.25, 0.3) is 5.91 Å². The maximum absolute atomic E-state index is 13.3. The van der Waals surface area contributed by atoms with Crippen LogP contribution in [0, 0.1) is 0 Å². The number of benzene rings is 3. The van der Waals surface area contributed by atoms with E-state index in [0.29, 0.717) is 6.42 Å². The third kappa shape index (κ3) is 5.76. The number of carbonyl (C=O) groups excluding carboxylic acids is 1. The Morgan fingerprint density at radius 1 is 1.09 bits per heavy atom. The first-order chi connectivity index (χ1) is 16.8. The highest BCUT2D eigenvalue weighted by Gasteiger charge is 2.33. The van der Waals surface area contributed by atoms with E-state index in [4.69, 9.17) is 15.0 Å². The monoisotopic (exact) mass is 492 g/mol. The number of methoxy groups -OCH3 is 1. The summed E-state index contributed by atoms with van der Waals surface area (Å²) in [5, 5.41) is 14.6. The largest absolute Gasteiger partial charge is 0.497 e. The molecule has 4 rings (SSSR count). The molecule has 1 heterocycles. The second kappa shape index (κ2) is 10.4. The molecule has 3 N–H and O–H groups in total. The van der Waals surface area contributed by atoms with Crippen molar-refractivity contribution >= 4 is 21.6 Å². The number of amides is 1. The van der Waals surface area contributed by atoms with E-state index in [1.54, 1.807) is 24.3 Å². The number of hydrazone groups is 1. The molecule has 3 aromatic rings. The van der Waals surface area contributed by atoms with Gasteiger partial charge in [-0.25, -0.2) is 18.6 Å². The van der Waals surface area contributed by atoms with Crippen molar-refractivity contribution in [1.82, 2.24) is 10.3 Å². The Hall–Kier alpha value is -3.53. The number of nitrogens with one attached hydrogen (secondary N) is 1. The molecular formula is C26H28N4O4S. The molecule has 0 saturated carbocycles. The Morgan fingerprint density at radius 3 is 2.34 bits per heavy atom. The van der Waals surface area contributed by atoms with Crippen LogP contribution in [-0.4, -0.2) is 38.7 Å². The molecular weight excluding hydrogens is 464 g/mol. The topological polar surface area (TPSA) is 114 Å². The summed E-state index contributed by atoms with van der Waals surface area (Å²) in [5.74, 6) is 0.586. The number of carbonyl (C=O) groups is 1. The molecule has 35 heavy (non-hydrogen) atoms. The van der Waals surface area contributed by atoms with Gasteiger partial charge in [-0.05, 0) is 47.9 Å². The van der Waals surface area contributed by atoms with Crippen LogP contribution in [0.5, 0.6) is 5.75 Å². The summed E-state index contributed by atoms with van der Waals surface area (Å²) in [4.78, 5) is 13.3. The number of hydrogen-bond acceptors (Lipinski definition) is 6. The second-order valence-corrected chi connectivity index (χ2v) is 9.92. The standard InChI is InChI=1S/C26H28N4O4S/c1-18(19-10-14-23(15-11-19)35(27,32)33)28-17-26(31)30-25(21-8-12-22(34-2)13-9-21)16-24(29-30)20-6-4-3-5-7-20/h3-15,18,25,28H,16-17H2,1-2H3,(H2,27,32,33)/t18-,25+/m0/s1. The summed E-state index contributed by atoms with van der Waals surface area (Å²) in [6.07, 6.45) is 0.604. The van der Waals surface area contributed by atoms with Gasteiger partial charge in [-0.1, -0.05) is 54.6 Å². The van der Waals surface area contributed by atoms with Gasteiger partial charge in [-0.15, -0.1) is 0 Å². The smallest absolute Gasteiger partial charge is 0.257 e. The van der Waals surface area contributed by atoms with E-state index in [-0.39, 0.29) is 29.4 Å². The second-order valence-electron chi connectivity index (χ2n) is 8.36. The van der Waals surface area contributed by atoms with Crippen LogP contribution >= 0.6 is 0 Å². The first kappa shape index (κ1) is 24.6. The molecule has 1 aliphatic heterocycles. The van der Waals surface area contributed by atoms with Crippen LogP contribution in [0.1, 0.15) is 42.1 Å². The van der Waals surface area contributed by atoms with Crippen molar-refractivity contribution in [3.63, 3.8) is 0 Å². The summed E-state index contributed by atoms with van der Waals surface area (Å²) in [5.41, 5.74) is 3.65. The molecule has 0 fully saturated rings. The van der Waals surface area contributed by atoms with Crippen LogP contribution in [-0.2, 0) is 14.8 Å². The van der Waals surface area contributed by atoms with Gasteiger partial charge in [0, 0.05) is 12.5 Å². The number of ether oxygens (including phenoxy) is 1. The third-order valence-electron chi connectivity index (χ3n) is 6.04. The van der Waals surface area contributed by atoms with Crippen molar-refractivity contribution in [3.8, 4) is 5.75 Å². The molecule has 0 radical (unpaired) electrons. The molecule has 0 bridgehead atoms. The molecule has 8 nitrogen and oxygen atoms in total. The van der Waals surface area contributed by atoms with Crippen LogP contribution in [0.15, 0.2) is 88.9 Å². The number of nitrogens with zero attached hydrogens (tertiary/aromatic N) is 2. The minimum Gasteiger partial charge on any atom is -0.497 e. The molecule has 1 amide bonds. The quantitative estimate of drug-likeness (QED) is 0.500. The Bertz CT molecular complexity index is 1310. The van der Waals surface area contributed by atoms with Gasteiger partial charge in [0.15, 0.2) is 0 Å². The van der Waals surface area contributed by atoms with Gasteiger partial charge in [0.05, 0.1) is 30.3 Å². The van der Waals surface area contributed by atoms with Crippen molar-refractivity contribution in [2.75, 3.05) is 13.7 Å². The lowest BCUT2D eigenvalue weighted by molar-refractivity contribution is -0.132. The van der Waals surface area contributed by atoms with E-state index in [1.807, 2.05) is 61.5 Å². The van der Waals surface area contributed by atoms with Crippen molar-refractivity contribution in [2.24, 2.45) is 10.2 Å². The molecule has 3 aromatic carbocycles. The minimum absolute atomic E-state index is 0.0479. The average Bonchev–Trinajstić information content (AvgIpc) is 3.33. The maximum atomic E-state index is 13.3. The van der Waals surface area contributed by atoms with Crippen LogP contribution in [0.3, 0.4) is 0 Å². The predicted molar refractivity (Wildman–Crippen MR) is 134 cm³/mol. The van der Waals surface area contributed by atoms with Gasteiger partial charge < -0.3 is 10.1 Å². The molecule has 0 aliphatic carbocycles. The van der Waals surface area contributed by atoms with Gasteiger partial charge in [-0.3, -0.25) is 4.79 Å². The van der Waals surface area contributed by atoms with Crippen LogP contribution < -0.4 is 15.2 Å². The average molecular weight is 493 g/mol. The molecule has 0 unspecified atom stereocenters. The number of rotatable bonds is 8. The zero-order valence-corrected chi connectivity index (χ0v) is 20.4. The van der Waals surface area contributed by atoms with E-state index in [2.05, 4.69) is 5.32 Å². The number of nitrogens with two attached hydrogens (primary N) is 1. The Morgan fingerprint density at radius 2 is 1.74 bits per heavy atom. The number of hydrogen-bond donors (Lipinski definition) is 2. The molecule has 0 saturated heterocycles. The zero-order chi connectivity index (χ0) is 25.0. The molecule has 2 atom stereocenters. The van der Waals surface area contributed by atoms with Crippen LogP contribution in [0.4, 0.5) is 0 Å². The SMILES string of the molecule is COc1ccc([C@H]2CC(c3ccccc3)=NN2C(=O)CN[C@@H](C)c2ccc(S(N)(=O)=O)cc2)cc1. The lowest BCUT2D eigenvalue weighted by Crippen LogP contribution is -2.36. The van der Waals surface area contributed by atoms with Crippen LogP contribution in [0.25, 0.3) is 0 Å². The minimum atomic E-state index is -3.75. The molecule has 0 spiro atoms. The third-order valence-corrected chi connectivity index (χ3v) is 6.97. The van der Waals surface area contributed by atoms with E-state index in [9.17, 15) is 13.2 Å². The molecule has 0 aromatic heterocycles. The summed E-state index contributed by atoms with van der Waals surface area (Å²) >= 11 is 0. The maximum Gasteiger partial charge on any atom is 0.257 e. The first-order valence-electron chi connectivity index (χ1n) is 11.2. The Balaban J connectivity index is 1.50. The Kier molecular flexibility index (Phi) is 7.30. The highest BCUT2D eigenvalue weighted by atomic mass is 32.2. The molecule has 1 aliphatic rings. The van der Waals surface area contributed by atoms with E-state index >= 15 is 0 Å². The summed E-state index contributed by atoms with van der Waals surface area (Å²) in [6.45, 7) is 1.97. The summed E-state index contributed by atoms with van der Waals surface area (Å²) in [7, 11) is -2.13. The lowest BCUT2D eigenvalue weighted by atomic mass is 9.98. The highest BCUT2D eigenvalue weighted by molar-refractivity contribution is 7.89. The number of primary sulfonamides is 1. The van der Waals surface area contributed by atoms with Crippen molar-refractivity contribution in [1.29, 1.82) is 0 Å². The van der Waals surface area contributed by atoms with Gasteiger partial charge in [0.2, 0.25) is 10.0 Å². The van der Waals surface area contributed by atoms with Crippen molar-refractivity contribution < 1.29 is 17.9 Å². The number of sulfonamides is 1. The summed E-state index contributed by atoms with van der Waals surface area (Å²) < 4.78 is 28.2. The predicted octanol–water partition coefficient (Wildman–Crippen LogP) is 3.37. The molecule has 9 heteroatoms. The summed E-state index contributed by atoms with van der Waals surface area (Å²) in [6, 6.07) is 23.4. The van der Waals surface area contributed by atoms with Gasteiger partial charge in [0.1, 0.15) is 5.75 Å².